The molecule has 138 valence electrons. The lowest BCUT2D eigenvalue weighted by Gasteiger charge is -2.32. The van der Waals surface area contributed by atoms with Crippen LogP contribution in [0.1, 0.15) is 68.1 Å². The van der Waals surface area contributed by atoms with Crippen LogP contribution in [0.5, 0.6) is 0 Å². The molecule has 1 N–H and O–H groups in total. The molecule has 0 saturated heterocycles. The molecule has 1 aromatic carbocycles. The summed E-state index contributed by atoms with van der Waals surface area (Å²) < 4.78 is 0. The number of carbonyl (C=O) groups excluding carboxylic acids is 1. The van der Waals surface area contributed by atoms with E-state index < -0.39 is 0 Å². The second-order valence-corrected chi connectivity index (χ2v) is 7.90. The van der Waals surface area contributed by atoms with E-state index in [9.17, 15) is 4.79 Å². The lowest BCUT2D eigenvalue weighted by molar-refractivity contribution is 0.0939. The normalized spacial score (nSPS) is 19.0. The van der Waals surface area contributed by atoms with E-state index >= 15 is 0 Å². The molecule has 1 aromatic heterocycles. The molecule has 0 bridgehead atoms. The van der Waals surface area contributed by atoms with Crippen molar-refractivity contribution in [2.45, 2.75) is 69.9 Å². The predicted octanol–water partition coefficient (Wildman–Crippen LogP) is 4.68. The number of hydrogen-bond donors (Lipinski definition) is 1. The molecule has 4 heteroatoms. The van der Waals surface area contributed by atoms with Gasteiger partial charge in [0.1, 0.15) is 5.82 Å². The van der Waals surface area contributed by atoms with Gasteiger partial charge < -0.3 is 10.2 Å². The van der Waals surface area contributed by atoms with Crippen molar-refractivity contribution in [3.63, 3.8) is 0 Å². The van der Waals surface area contributed by atoms with Crippen LogP contribution >= 0.6 is 0 Å². The van der Waals surface area contributed by atoms with Gasteiger partial charge in [0.15, 0.2) is 0 Å². The SMILES string of the molecule is CN(c1cc(C(=O)NC2CCCC2)c2ccccc2n1)C1CCCCC1. The third kappa shape index (κ3) is 3.55. The van der Waals surface area contributed by atoms with Gasteiger partial charge in [0.2, 0.25) is 0 Å². The number of nitrogens with one attached hydrogen (secondary N) is 1. The summed E-state index contributed by atoms with van der Waals surface area (Å²) in [5.74, 6) is 0.973. The first kappa shape index (κ1) is 17.3. The number of pyridine rings is 1. The summed E-state index contributed by atoms with van der Waals surface area (Å²) in [5.41, 5.74) is 1.67. The van der Waals surface area contributed by atoms with Crippen LogP contribution in [-0.2, 0) is 0 Å². The summed E-state index contributed by atoms with van der Waals surface area (Å²) in [6, 6.07) is 10.9. The Hall–Kier alpha value is -2.10. The number of amides is 1. The van der Waals surface area contributed by atoms with E-state index in [1.807, 2.05) is 30.3 Å². The quantitative estimate of drug-likeness (QED) is 0.870. The highest BCUT2D eigenvalue weighted by Gasteiger charge is 2.23. The minimum Gasteiger partial charge on any atom is -0.357 e. The highest BCUT2D eigenvalue weighted by atomic mass is 16.1. The Morgan fingerprint density at radius 2 is 1.73 bits per heavy atom. The van der Waals surface area contributed by atoms with Gasteiger partial charge in [0, 0.05) is 24.5 Å². The summed E-state index contributed by atoms with van der Waals surface area (Å²) >= 11 is 0. The number of fused-ring (bicyclic) bond motifs is 1. The Labute approximate surface area is 156 Å². The van der Waals surface area contributed by atoms with Gasteiger partial charge in [-0.05, 0) is 37.8 Å². The minimum absolute atomic E-state index is 0.0498. The molecule has 1 amide bonds. The number of hydrogen-bond acceptors (Lipinski definition) is 3. The largest absolute Gasteiger partial charge is 0.357 e. The van der Waals surface area contributed by atoms with Crippen molar-refractivity contribution in [1.29, 1.82) is 0 Å². The second kappa shape index (κ2) is 7.65. The summed E-state index contributed by atoms with van der Waals surface area (Å²) in [6.07, 6.45) is 11.0. The van der Waals surface area contributed by atoms with Crippen molar-refractivity contribution in [2.75, 3.05) is 11.9 Å². The molecule has 2 aromatic rings. The van der Waals surface area contributed by atoms with Gasteiger partial charge in [-0.25, -0.2) is 4.98 Å². The van der Waals surface area contributed by atoms with E-state index in [1.165, 1.54) is 44.9 Å². The lowest BCUT2D eigenvalue weighted by atomic mass is 9.94. The molecule has 4 rings (SSSR count). The third-order valence-corrected chi connectivity index (χ3v) is 6.12. The average Bonchev–Trinajstić information content (AvgIpc) is 3.20. The van der Waals surface area contributed by atoms with E-state index in [0.29, 0.717) is 12.1 Å². The van der Waals surface area contributed by atoms with E-state index in [1.54, 1.807) is 0 Å². The average molecular weight is 351 g/mol. The van der Waals surface area contributed by atoms with Gasteiger partial charge >= 0.3 is 0 Å². The molecule has 2 saturated carbocycles. The zero-order valence-corrected chi connectivity index (χ0v) is 15.7. The van der Waals surface area contributed by atoms with Crippen LogP contribution in [0.2, 0.25) is 0 Å². The summed E-state index contributed by atoms with van der Waals surface area (Å²) in [6.45, 7) is 0. The monoisotopic (exact) mass is 351 g/mol. The standard InChI is InChI=1S/C22H29N3O/c1-25(17-11-3-2-4-12-17)21-15-19(18-13-7-8-14-20(18)24-21)22(26)23-16-9-5-6-10-16/h7-8,13-17H,2-6,9-12H2,1H3,(H,23,26). The van der Waals surface area contributed by atoms with Gasteiger partial charge in [0.05, 0.1) is 11.1 Å². The van der Waals surface area contributed by atoms with Crippen LogP contribution in [0.15, 0.2) is 30.3 Å². The number of nitrogens with zero attached hydrogens (tertiary/aromatic N) is 2. The van der Waals surface area contributed by atoms with Gasteiger partial charge in [-0.3, -0.25) is 4.79 Å². The molecule has 26 heavy (non-hydrogen) atoms. The molecule has 0 radical (unpaired) electrons. The molecule has 0 aliphatic heterocycles. The molecule has 0 spiro atoms. The molecule has 2 fully saturated rings. The first-order chi connectivity index (χ1) is 12.7. The van der Waals surface area contributed by atoms with Crippen molar-refractivity contribution < 1.29 is 4.79 Å². The van der Waals surface area contributed by atoms with Crippen molar-refractivity contribution in [3.8, 4) is 0 Å². The van der Waals surface area contributed by atoms with Crippen LogP contribution in [0.3, 0.4) is 0 Å². The summed E-state index contributed by atoms with van der Waals surface area (Å²) in [5, 5.41) is 4.20. The highest BCUT2D eigenvalue weighted by Crippen LogP contribution is 2.28. The Bertz CT molecular complexity index is 776. The Morgan fingerprint density at radius 3 is 2.50 bits per heavy atom. The first-order valence-corrected chi connectivity index (χ1v) is 10.2. The maximum Gasteiger partial charge on any atom is 0.252 e. The van der Waals surface area contributed by atoms with Crippen LogP contribution in [0, 0.1) is 0 Å². The van der Waals surface area contributed by atoms with Crippen LogP contribution < -0.4 is 10.2 Å². The molecule has 2 aliphatic carbocycles. The smallest absolute Gasteiger partial charge is 0.252 e. The first-order valence-electron chi connectivity index (χ1n) is 10.2. The fourth-order valence-corrected chi connectivity index (χ4v) is 4.52. The van der Waals surface area contributed by atoms with E-state index in [4.69, 9.17) is 4.98 Å². The van der Waals surface area contributed by atoms with Gasteiger partial charge in [-0.2, -0.15) is 0 Å². The molecular weight excluding hydrogens is 322 g/mol. The number of aromatic nitrogens is 1. The molecule has 0 atom stereocenters. The minimum atomic E-state index is 0.0498. The fourth-order valence-electron chi connectivity index (χ4n) is 4.52. The van der Waals surface area contributed by atoms with E-state index in [2.05, 4.69) is 17.3 Å². The molecular formula is C22H29N3O. The van der Waals surface area contributed by atoms with Gasteiger partial charge in [0.25, 0.3) is 5.91 Å². The summed E-state index contributed by atoms with van der Waals surface area (Å²) in [4.78, 5) is 20.2. The van der Waals surface area contributed by atoms with Gasteiger partial charge in [-0.1, -0.05) is 50.3 Å². The molecule has 4 nitrogen and oxygen atoms in total. The van der Waals surface area contributed by atoms with Crippen LogP contribution in [0.4, 0.5) is 5.82 Å². The highest BCUT2D eigenvalue weighted by molar-refractivity contribution is 6.07. The Morgan fingerprint density at radius 1 is 1.04 bits per heavy atom. The lowest BCUT2D eigenvalue weighted by Crippen LogP contribution is -2.35. The van der Waals surface area contributed by atoms with Crippen molar-refractivity contribution in [3.05, 3.63) is 35.9 Å². The Balaban J connectivity index is 1.67. The van der Waals surface area contributed by atoms with E-state index in [-0.39, 0.29) is 5.91 Å². The zero-order valence-electron chi connectivity index (χ0n) is 15.7. The van der Waals surface area contributed by atoms with Crippen molar-refractivity contribution in [2.24, 2.45) is 0 Å². The third-order valence-electron chi connectivity index (χ3n) is 6.12. The number of para-hydroxylation sites is 1. The van der Waals surface area contributed by atoms with Crippen LogP contribution in [-0.4, -0.2) is 30.0 Å². The topological polar surface area (TPSA) is 45.2 Å². The van der Waals surface area contributed by atoms with Crippen LogP contribution in [0.25, 0.3) is 10.9 Å². The number of carbonyl (C=O) groups is 1. The summed E-state index contributed by atoms with van der Waals surface area (Å²) in [7, 11) is 2.13. The fraction of sp³-hybridized carbons (Fsp3) is 0.545. The Kier molecular flexibility index (Phi) is 5.09. The van der Waals surface area contributed by atoms with Crippen molar-refractivity contribution in [1.82, 2.24) is 10.3 Å². The predicted molar refractivity (Wildman–Crippen MR) is 107 cm³/mol. The molecule has 0 unspecified atom stereocenters. The van der Waals surface area contributed by atoms with E-state index in [0.717, 1.165) is 35.1 Å². The maximum absolute atomic E-state index is 13.0. The van der Waals surface area contributed by atoms with Crippen molar-refractivity contribution >= 4 is 22.6 Å². The number of benzene rings is 1. The van der Waals surface area contributed by atoms with Gasteiger partial charge in [-0.15, -0.1) is 0 Å². The molecule has 2 aliphatic rings. The number of anilines is 1. The zero-order chi connectivity index (χ0) is 17.9. The number of rotatable bonds is 4. The maximum atomic E-state index is 13.0. The molecule has 1 heterocycles. The second-order valence-electron chi connectivity index (χ2n) is 7.90.